The van der Waals surface area contributed by atoms with Crippen molar-refractivity contribution < 1.29 is 9.18 Å². The molecule has 2 aromatic rings. The molecule has 0 bridgehead atoms. The summed E-state index contributed by atoms with van der Waals surface area (Å²) in [5.41, 5.74) is 2.38. The van der Waals surface area contributed by atoms with Gasteiger partial charge in [0.05, 0.1) is 5.69 Å². The van der Waals surface area contributed by atoms with Crippen molar-refractivity contribution in [2.45, 2.75) is 13.0 Å². The number of ketones is 1. The first-order chi connectivity index (χ1) is 8.74. The molecule has 1 aromatic carbocycles. The number of allylic oxidation sites excluding steroid dienone is 1. The third-order valence-electron chi connectivity index (χ3n) is 3.19. The molecule has 0 spiro atoms. The van der Waals surface area contributed by atoms with Gasteiger partial charge in [0.15, 0.2) is 0 Å². The van der Waals surface area contributed by atoms with E-state index in [1.165, 1.54) is 12.1 Å². The van der Waals surface area contributed by atoms with E-state index in [9.17, 15) is 9.18 Å². The molecule has 0 fully saturated rings. The smallest absolute Gasteiger partial charge is 0.205 e. The minimum absolute atomic E-state index is 0.0653. The van der Waals surface area contributed by atoms with Crippen LogP contribution in [0.25, 0.3) is 6.08 Å². The van der Waals surface area contributed by atoms with E-state index in [0.717, 1.165) is 29.8 Å². The van der Waals surface area contributed by atoms with Gasteiger partial charge in [0.1, 0.15) is 5.82 Å². The van der Waals surface area contributed by atoms with Crippen LogP contribution in [-0.4, -0.2) is 10.4 Å². The quantitative estimate of drug-likeness (QED) is 0.702. The number of aryl methyl sites for hydroxylation is 1. The molecule has 2 nitrogen and oxygen atoms in total. The lowest BCUT2D eigenvalue weighted by molar-refractivity contribution is 0.101. The molecule has 0 saturated heterocycles. The summed E-state index contributed by atoms with van der Waals surface area (Å²) >= 11 is 0. The molecular weight excluding hydrogens is 229 g/mol. The highest BCUT2D eigenvalue weighted by molar-refractivity contribution is 6.11. The van der Waals surface area contributed by atoms with Gasteiger partial charge in [0.25, 0.3) is 0 Å². The van der Waals surface area contributed by atoms with Crippen molar-refractivity contribution in [1.82, 2.24) is 4.57 Å². The Morgan fingerprint density at radius 2 is 1.94 bits per heavy atom. The van der Waals surface area contributed by atoms with Gasteiger partial charge in [-0.25, -0.2) is 4.39 Å². The summed E-state index contributed by atoms with van der Waals surface area (Å²) in [5.74, 6) is -0.198. The zero-order chi connectivity index (χ0) is 12.5. The van der Waals surface area contributed by atoms with E-state index in [1.807, 2.05) is 29.0 Å². The van der Waals surface area contributed by atoms with E-state index < -0.39 is 0 Å². The zero-order valence-electron chi connectivity index (χ0n) is 9.77. The fourth-order valence-electron chi connectivity index (χ4n) is 2.23. The Bertz CT molecular complexity index is 622. The van der Waals surface area contributed by atoms with Crippen LogP contribution in [0.2, 0.25) is 0 Å². The zero-order valence-corrected chi connectivity index (χ0v) is 9.77. The van der Waals surface area contributed by atoms with E-state index in [2.05, 4.69) is 0 Å². The normalized spacial score (nSPS) is 16.9. The van der Waals surface area contributed by atoms with Crippen LogP contribution >= 0.6 is 0 Å². The molecule has 2 heterocycles. The number of fused-ring (bicyclic) bond motifs is 1. The Labute approximate surface area is 104 Å². The van der Waals surface area contributed by atoms with Gasteiger partial charge in [-0.15, -0.1) is 0 Å². The standard InChI is InChI=1S/C15H12FNO/c16-13-5-3-11(4-6-13)10-12-7-9-17-8-1-2-14(17)15(12)18/h1-6,8,10H,7,9H2/b12-10+. The number of carbonyl (C=O) groups is 1. The maximum atomic E-state index is 12.8. The fraction of sp³-hybridized carbons (Fsp3) is 0.133. The summed E-state index contributed by atoms with van der Waals surface area (Å²) < 4.78 is 14.8. The second kappa shape index (κ2) is 4.26. The minimum Gasteiger partial charge on any atom is -0.344 e. The van der Waals surface area contributed by atoms with Crippen molar-refractivity contribution in [3.8, 4) is 0 Å². The van der Waals surface area contributed by atoms with Gasteiger partial charge < -0.3 is 4.57 Å². The van der Waals surface area contributed by atoms with Gasteiger partial charge >= 0.3 is 0 Å². The molecule has 0 amide bonds. The number of rotatable bonds is 1. The van der Waals surface area contributed by atoms with E-state index in [4.69, 9.17) is 0 Å². The highest BCUT2D eigenvalue weighted by atomic mass is 19.1. The first-order valence-electron chi connectivity index (χ1n) is 5.90. The molecule has 18 heavy (non-hydrogen) atoms. The predicted molar refractivity (Wildman–Crippen MR) is 67.8 cm³/mol. The summed E-state index contributed by atoms with van der Waals surface area (Å²) in [6.07, 6.45) is 4.48. The van der Waals surface area contributed by atoms with Crippen LogP contribution in [0.1, 0.15) is 22.5 Å². The summed E-state index contributed by atoms with van der Waals surface area (Å²) in [5, 5.41) is 0. The third-order valence-corrected chi connectivity index (χ3v) is 3.19. The molecule has 3 rings (SSSR count). The maximum Gasteiger partial charge on any atom is 0.205 e. The second-order valence-corrected chi connectivity index (χ2v) is 4.39. The lowest BCUT2D eigenvalue weighted by atomic mass is 9.99. The van der Waals surface area contributed by atoms with Crippen molar-refractivity contribution in [2.24, 2.45) is 0 Å². The van der Waals surface area contributed by atoms with E-state index in [0.29, 0.717) is 0 Å². The lowest BCUT2D eigenvalue weighted by Crippen LogP contribution is -2.18. The largest absolute Gasteiger partial charge is 0.344 e. The van der Waals surface area contributed by atoms with Crippen LogP contribution in [0.3, 0.4) is 0 Å². The average molecular weight is 241 g/mol. The first-order valence-corrected chi connectivity index (χ1v) is 5.90. The number of benzene rings is 1. The van der Waals surface area contributed by atoms with Gasteiger partial charge in [0, 0.05) is 18.3 Å². The maximum absolute atomic E-state index is 12.8. The van der Waals surface area contributed by atoms with Gasteiger partial charge in [0.2, 0.25) is 5.78 Å². The molecule has 1 aliphatic heterocycles. The van der Waals surface area contributed by atoms with Crippen LogP contribution in [0.15, 0.2) is 48.2 Å². The number of halogens is 1. The van der Waals surface area contributed by atoms with Crippen LogP contribution in [0, 0.1) is 5.82 Å². The van der Waals surface area contributed by atoms with Crippen molar-refractivity contribution in [1.29, 1.82) is 0 Å². The molecule has 90 valence electrons. The van der Waals surface area contributed by atoms with Gasteiger partial charge in [-0.1, -0.05) is 12.1 Å². The molecule has 0 N–H and O–H groups in total. The number of nitrogens with zero attached hydrogens (tertiary/aromatic N) is 1. The second-order valence-electron chi connectivity index (χ2n) is 4.39. The van der Waals surface area contributed by atoms with Crippen LogP contribution in [0.5, 0.6) is 0 Å². The van der Waals surface area contributed by atoms with Gasteiger partial charge in [-0.05, 0) is 42.3 Å². The number of carbonyl (C=O) groups excluding carboxylic acids is 1. The Balaban J connectivity index is 1.95. The van der Waals surface area contributed by atoms with Crippen molar-refractivity contribution >= 4 is 11.9 Å². The topological polar surface area (TPSA) is 22.0 Å². The summed E-state index contributed by atoms with van der Waals surface area (Å²) in [7, 11) is 0. The molecule has 0 saturated carbocycles. The molecule has 0 aliphatic carbocycles. The van der Waals surface area contributed by atoms with Crippen LogP contribution < -0.4 is 0 Å². The highest BCUT2D eigenvalue weighted by Gasteiger charge is 2.20. The van der Waals surface area contributed by atoms with E-state index >= 15 is 0 Å². The van der Waals surface area contributed by atoms with E-state index in [1.54, 1.807) is 12.1 Å². The Kier molecular flexibility index (Phi) is 2.59. The molecular formula is C15H12FNO. The molecule has 0 atom stereocenters. The van der Waals surface area contributed by atoms with Gasteiger partial charge in [-0.3, -0.25) is 4.79 Å². The van der Waals surface area contributed by atoms with Crippen LogP contribution in [-0.2, 0) is 6.54 Å². The van der Waals surface area contributed by atoms with Gasteiger partial charge in [-0.2, -0.15) is 0 Å². The molecule has 1 aliphatic rings. The van der Waals surface area contributed by atoms with Crippen LogP contribution in [0.4, 0.5) is 4.39 Å². The lowest BCUT2D eigenvalue weighted by Gasteiger charge is -2.16. The molecule has 0 radical (unpaired) electrons. The predicted octanol–water partition coefficient (Wildman–Crippen LogP) is 3.30. The Morgan fingerprint density at radius 3 is 2.72 bits per heavy atom. The Hall–Kier alpha value is -2.16. The summed E-state index contributed by atoms with van der Waals surface area (Å²) in [4.78, 5) is 12.2. The number of hydrogen-bond donors (Lipinski definition) is 0. The summed E-state index contributed by atoms with van der Waals surface area (Å²) in [6.45, 7) is 0.821. The van der Waals surface area contributed by atoms with Crippen molar-refractivity contribution in [3.05, 3.63) is 65.2 Å². The monoisotopic (exact) mass is 241 g/mol. The number of aromatic nitrogens is 1. The molecule has 1 aromatic heterocycles. The van der Waals surface area contributed by atoms with Crippen molar-refractivity contribution in [3.63, 3.8) is 0 Å². The van der Waals surface area contributed by atoms with E-state index in [-0.39, 0.29) is 11.6 Å². The third kappa shape index (κ3) is 1.88. The molecule has 3 heteroatoms. The van der Waals surface area contributed by atoms with Crippen molar-refractivity contribution in [2.75, 3.05) is 0 Å². The summed E-state index contributed by atoms with van der Waals surface area (Å²) in [6, 6.07) is 9.89. The minimum atomic E-state index is -0.263. The average Bonchev–Trinajstić information content (AvgIpc) is 2.84. The SMILES string of the molecule is O=C1/C(=C/c2ccc(F)cc2)CCn2cccc21. The number of hydrogen-bond acceptors (Lipinski definition) is 1. The highest BCUT2D eigenvalue weighted by Crippen LogP contribution is 2.22. The Morgan fingerprint density at radius 1 is 1.17 bits per heavy atom. The molecule has 0 unspecified atom stereocenters. The first kappa shape index (κ1) is 11.0. The number of Topliss-reactive ketones (excluding diaryl/α,β-unsaturated/α-hetero) is 1. The fourth-order valence-corrected chi connectivity index (χ4v) is 2.23.